The lowest BCUT2D eigenvalue weighted by Gasteiger charge is -2.28. The van der Waals surface area contributed by atoms with Crippen LogP contribution < -0.4 is 16.0 Å². The molecule has 0 saturated heterocycles. The van der Waals surface area contributed by atoms with Crippen molar-refractivity contribution in [1.82, 2.24) is 15.6 Å². The van der Waals surface area contributed by atoms with E-state index in [2.05, 4.69) is 36.9 Å². The molecule has 3 amide bonds. The summed E-state index contributed by atoms with van der Waals surface area (Å²) in [4.78, 5) is 28.7. The van der Waals surface area contributed by atoms with E-state index in [1.807, 2.05) is 24.3 Å². The lowest BCUT2D eigenvalue weighted by Crippen LogP contribution is -2.46. The van der Waals surface area contributed by atoms with Gasteiger partial charge >= 0.3 is 6.03 Å². The lowest BCUT2D eigenvalue weighted by molar-refractivity contribution is -0.113. The van der Waals surface area contributed by atoms with E-state index in [1.165, 1.54) is 0 Å². The number of halogens is 1. The molecule has 2 heterocycles. The van der Waals surface area contributed by atoms with Gasteiger partial charge in [-0.15, -0.1) is 0 Å². The molecule has 7 heteroatoms. The summed E-state index contributed by atoms with van der Waals surface area (Å²) in [6.07, 6.45) is 1.60. The summed E-state index contributed by atoms with van der Waals surface area (Å²) in [7, 11) is 0. The van der Waals surface area contributed by atoms with Gasteiger partial charge in [0.15, 0.2) is 0 Å². The van der Waals surface area contributed by atoms with Crippen LogP contribution in [0.2, 0.25) is 0 Å². The third-order valence-corrected chi connectivity index (χ3v) is 4.15. The Hall–Kier alpha value is -2.67. The van der Waals surface area contributed by atoms with Crippen LogP contribution in [0, 0.1) is 0 Å². The first kappa shape index (κ1) is 16.2. The fourth-order valence-electron chi connectivity index (χ4n) is 2.52. The Balaban J connectivity index is 1.94. The van der Waals surface area contributed by atoms with E-state index < -0.39 is 6.04 Å². The lowest BCUT2D eigenvalue weighted by atomic mass is 9.95. The van der Waals surface area contributed by atoms with Gasteiger partial charge in [-0.25, -0.2) is 9.78 Å². The van der Waals surface area contributed by atoms with Gasteiger partial charge in [-0.3, -0.25) is 4.79 Å². The zero-order valence-corrected chi connectivity index (χ0v) is 14.4. The van der Waals surface area contributed by atoms with Crippen LogP contribution in [-0.2, 0) is 4.79 Å². The number of pyridine rings is 1. The summed E-state index contributed by atoms with van der Waals surface area (Å²) in [5.74, 6) is 0.140. The highest BCUT2D eigenvalue weighted by Gasteiger charge is 2.31. The number of allylic oxidation sites excluding steroid dienone is 1. The van der Waals surface area contributed by atoms with Gasteiger partial charge in [0.25, 0.3) is 5.91 Å². The first-order valence-electron chi connectivity index (χ1n) is 7.31. The molecular weight excluding hydrogens is 372 g/mol. The van der Waals surface area contributed by atoms with Gasteiger partial charge in [0.05, 0.1) is 11.6 Å². The molecule has 1 unspecified atom stereocenters. The van der Waals surface area contributed by atoms with Crippen molar-refractivity contribution >= 4 is 33.7 Å². The molecule has 2 aromatic rings. The van der Waals surface area contributed by atoms with Crippen LogP contribution in [-0.4, -0.2) is 16.9 Å². The van der Waals surface area contributed by atoms with Crippen molar-refractivity contribution in [2.45, 2.75) is 13.0 Å². The minimum atomic E-state index is -0.532. The van der Waals surface area contributed by atoms with Crippen molar-refractivity contribution in [2.75, 3.05) is 5.32 Å². The molecule has 3 rings (SSSR count). The van der Waals surface area contributed by atoms with Gasteiger partial charge in [0.1, 0.15) is 5.82 Å². The highest BCUT2D eigenvalue weighted by Crippen LogP contribution is 2.28. The fraction of sp³-hybridized carbons (Fsp3) is 0.118. The zero-order chi connectivity index (χ0) is 17.1. The molecule has 1 aromatic carbocycles. The number of urea groups is 1. The van der Waals surface area contributed by atoms with E-state index in [4.69, 9.17) is 0 Å². The number of nitrogens with one attached hydrogen (secondary N) is 3. The molecule has 1 aliphatic rings. The van der Waals surface area contributed by atoms with Crippen LogP contribution >= 0.6 is 15.9 Å². The molecule has 3 N–H and O–H groups in total. The number of aromatic nitrogens is 1. The van der Waals surface area contributed by atoms with Gasteiger partial charge in [0, 0.05) is 16.4 Å². The number of hydrogen-bond donors (Lipinski definition) is 3. The highest BCUT2D eigenvalue weighted by molar-refractivity contribution is 9.10. The largest absolute Gasteiger partial charge is 0.327 e. The van der Waals surface area contributed by atoms with Gasteiger partial charge in [0.2, 0.25) is 0 Å². The molecule has 0 bridgehead atoms. The quantitative estimate of drug-likeness (QED) is 0.757. The Labute approximate surface area is 147 Å². The standard InChI is InChI=1S/C17H15BrN4O2/c1-10-14(16(23)21-13-4-2-3-9-19-13)15(22-17(24)20-10)11-5-7-12(18)8-6-11/h2-9,15H,1H3,(H,19,21,23)(H2,20,22,24). The Morgan fingerprint density at radius 3 is 2.62 bits per heavy atom. The van der Waals surface area contributed by atoms with Crippen LogP contribution in [0.1, 0.15) is 18.5 Å². The van der Waals surface area contributed by atoms with Gasteiger partial charge in [-0.2, -0.15) is 0 Å². The van der Waals surface area contributed by atoms with E-state index in [-0.39, 0.29) is 11.9 Å². The van der Waals surface area contributed by atoms with Crippen molar-refractivity contribution in [3.05, 3.63) is 70.0 Å². The second kappa shape index (κ2) is 6.84. The van der Waals surface area contributed by atoms with Gasteiger partial charge in [-0.1, -0.05) is 34.1 Å². The molecule has 1 aromatic heterocycles. The number of carbonyl (C=O) groups excluding carboxylic acids is 2. The normalized spacial score (nSPS) is 17.1. The third kappa shape index (κ3) is 3.46. The second-order valence-corrected chi connectivity index (χ2v) is 6.21. The number of benzene rings is 1. The smallest absolute Gasteiger partial charge is 0.319 e. The molecule has 0 aliphatic carbocycles. The summed E-state index contributed by atoms with van der Waals surface area (Å²) in [6, 6.07) is 11.9. The Morgan fingerprint density at radius 2 is 1.96 bits per heavy atom. The van der Waals surface area contributed by atoms with E-state index in [1.54, 1.807) is 31.3 Å². The molecule has 122 valence electrons. The topological polar surface area (TPSA) is 83.1 Å². The Morgan fingerprint density at radius 1 is 1.21 bits per heavy atom. The summed E-state index contributed by atoms with van der Waals surface area (Å²) in [5, 5.41) is 8.20. The molecule has 0 saturated carbocycles. The summed E-state index contributed by atoms with van der Waals surface area (Å²) in [5.41, 5.74) is 1.78. The number of hydrogen-bond acceptors (Lipinski definition) is 3. The van der Waals surface area contributed by atoms with Crippen molar-refractivity contribution in [3.8, 4) is 0 Å². The molecule has 1 aliphatic heterocycles. The average molecular weight is 387 g/mol. The first-order valence-corrected chi connectivity index (χ1v) is 8.10. The Bertz CT molecular complexity index is 803. The van der Waals surface area contributed by atoms with Crippen molar-refractivity contribution in [1.29, 1.82) is 0 Å². The van der Waals surface area contributed by atoms with Crippen molar-refractivity contribution in [3.63, 3.8) is 0 Å². The van der Waals surface area contributed by atoms with E-state index in [9.17, 15) is 9.59 Å². The third-order valence-electron chi connectivity index (χ3n) is 3.62. The van der Waals surface area contributed by atoms with Gasteiger partial charge < -0.3 is 16.0 Å². The zero-order valence-electron chi connectivity index (χ0n) is 12.8. The van der Waals surface area contributed by atoms with Crippen molar-refractivity contribution in [2.24, 2.45) is 0 Å². The average Bonchev–Trinajstić information content (AvgIpc) is 2.55. The van der Waals surface area contributed by atoms with Crippen LogP contribution in [0.25, 0.3) is 0 Å². The van der Waals surface area contributed by atoms with Crippen LogP contribution in [0.3, 0.4) is 0 Å². The summed E-state index contributed by atoms with van der Waals surface area (Å²) in [6.45, 7) is 1.71. The molecule has 6 nitrogen and oxygen atoms in total. The van der Waals surface area contributed by atoms with E-state index in [0.29, 0.717) is 17.1 Å². The van der Waals surface area contributed by atoms with E-state index >= 15 is 0 Å². The van der Waals surface area contributed by atoms with Crippen LogP contribution in [0.5, 0.6) is 0 Å². The summed E-state index contributed by atoms with van der Waals surface area (Å²) < 4.78 is 0.923. The molecule has 0 radical (unpaired) electrons. The van der Waals surface area contributed by atoms with E-state index in [0.717, 1.165) is 10.0 Å². The molecule has 0 fully saturated rings. The summed E-state index contributed by atoms with van der Waals surface area (Å²) >= 11 is 3.38. The maximum atomic E-state index is 12.7. The molecule has 0 spiro atoms. The molecule has 1 atom stereocenters. The number of amides is 3. The predicted octanol–water partition coefficient (Wildman–Crippen LogP) is 3.11. The minimum Gasteiger partial charge on any atom is -0.327 e. The SMILES string of the molecule is CC1=C(C(=O)Nc2ccccn2)C(c2ccc(Br)cc2)NC(=O)N1. The number of anilines is 1. The maximum Gasteiger partial charge on any atom is 0.319 e. The monoisotopic (exact) mass is 386 g/mol. The molecular formula is C17H15BrN4O2. The minimum absolute atomic E-state index is 0.313. The number of carbonyl (C=O) groups is 2. The number of nitrogens with zero attached hydrogens (tertiary/aromatic N) is 1. The first-order chi connectivity index (χ1) is 11.5. The highest BCUT2D eigenvalue weighted by atomic mass is 79.9. The van der Waals surface area contributed by atoms with Crippen LogP contribution in [0.15, 0.2) is 64.4 Å². The second-order valence-electron chi connectivity index (χ2n) is 5.29. The Kier molecular flexibility index (Phi) is 4.61. The predicted molar refractivity (Wildman–Crippen MR) is 94.1 cm³/mol. The maximum absolute atomic E-state index is 12.7. The van der Waals surface area contributed by atoms with Crippen molar-refractivity contribution < 1.29 is 9.59 Å². The van der Waals surface area contributed by atoms with Gasteiger partial charge in [-0.05, 0) is 36.8 Å². The van der Waals surface area contributed by atoms with Crippen LogP contribution in [0.4, 0.5) is 10.6 Å². The molecule has 24 heavy (non-hydrogen) atoms. The number of rotatable bonds is 3. The fourth-order valence-corrected chi connectivity index (χ4v) is 2.78.